The van der Waals surface area contributed by atoms with Gasteiger partial charge in [0.25, 0.3) is 5.91 Å². The van der Waals surface area contributed by atoms with Gasteiger partial charge in [-0.3, -0.25) is 9.59 Å². The number of nitrogens with one attached hydrogen (secondary N) is 1. The van der Waals surface area contributed by atoms with Crippen LogP contribution in [0.25, 0.3) is 0 Å². The Balaban J connectivity index is 2.13. The summed E-state index contributed by atoms with van der Waals surface area (Å²) in [5.74, 6) is -0.612. The van der Waals surface area contributed by atoms with Crippen LogP contribution in [0.4, 0.5) is 5.13 Å². The summed E-state index contributed by atoms with van der Waals surface area (Å²) in [4.78, 5) is 31.4. The van der Waals surface area contributed by atoms with Crippen molar-refractivity contribution in [1.29, 1.82) is 0 Å². The molecule has 2 amide bonds. The van der Waals surface area contributed by atoms with Gasteiger partial charge in [0.05, 0.1) is 0 Å². The maximum absolute atomic E-state index is 12.7. The van der Waals surface area contributed by atoms with Gasteiger partial charge in [-0.1, -0.05) is 23.2 Å². The lowest BCUT2D eigenvalue weighted by molar-refractivity contribution is -0.117. The van der Waals surface area contributed by atoms with Crippen molar-refractivity contribution >= 4 is 51.5 Å². The van der Waals surface area contributed by atoms with Crippen LogP contribution in [0.15, 0.2) is 24.4 Å². The highest BCUT2D eigenvalue weighted by Crippen LogP contribution is 2.21. The van der Waals surface area contributed by atoms with Crippen LogP contribution in [-0.4, -0.2) is 34.3 Å². The first-order valence-corrected chi connectivity index (χ1v) is 8.83. The number of thiazole rings is 1. The second kappa shape index (κ2) is 7.96. The Labute approximate surface area is 154 Å². The van der Waals surface area contributed by atoms with E-state index in [1.54, 1.807) is 12.3 Å². The smallest absolute Gasteiger partial charge is 0.254 e. The Hall–Kier alpha value is -1.63. The molecule has 0 saturated carbocycles. The van der Waals surface area contributed by atoms with E-state index in [1.807, 2.05) is 20.8 Å². The van der Waals surface area contributed by atoms with Crippen LogP contribution >= 0.6 is 34.5 Å². The lowest BCUT2D eigenvalue weighted by Gasteiger charge is -2.26. The third-order valence-corrected chi connectivity index (χ3v) is 4.44. The monoisotopic (exact) mass is 385 g/mol. The minimum Gasteiger partial charge on any atom is -0.327 e. The summed E-state index contributed by atoms with van der Waals surface area (Å²) in [6.07, 6.45) is 1.68. The quantitative estimate of drug-likeness (QED) is 0.836. The summed E-state index contributed by atoms with van der Waals surface area (Å²) in [5.41, 5.74) is 0.346. The fourth-order valence-corrected chi connectivity index (χ4v) is 3.26. The number of halogens is 2. The average molecular weight is 386 g/mol. The van der Waals surface area contributed by atoms with Crippen LogP contribution in [0.2, 0.25) is 10.0 Å². The molecule has 1 aromatic carbocycles. The Morgan fingerprint density at radius 1 is 1.25 bits per heavy atom. The Kier molecular flexibility index (Phi) is 6.21. The molecule has 0 bridgehead atoms. The molecule has 1 aromatic heterocycles. The molecule has 1 heterocycles. The number of hydrogen-bond acceptors (Lipinski definition) is 4. The second-order valence-corrected chi connectivity index (χ2v) is 7.62. The lowest BCUT2D eigenvalue weighted by atomic mass is 10.1. The van der Waals surface area contributed by atoms with E-state index in [0.29, 0.717) is 20.7 Å². The predicted octanol–water partition coefficient (Wildman–Crippen LogP) is 4.25. The SMILES string of the molecule is Cc1cnc(NC(=O)CN(C(=O)c2cc(Cl)cc(Cl)c2)C(C)C)s1. The van der Waals surface area contributed by atoms with Crippen LogP contribution < -0.4 is 5.32 Å². The summed E-state index contributed by atoms with van der Waals surface area (Å²) in [6, 6.07) is 4.46. The van der Waals surface area contributed by atoms with Crippen molar-refractivity contribution in [3.8, 4) is 0 Å². The number of anilines is 1. The standard InChI is InChI=1S/C16H17Cl2N3O2S/c1-9(2)21(8-14(22)20-16-19-7-10(3)24-16)15(23)11-4-12(17)6-13(18)5-11/h4-7,9H,8H2,1-3H3,(H,19,20,22). The number of aromatic nitrogens is 1. The van der Waals surface area contributed by atoms with E-state index < -0.39 is 0 Å². The fourth-order valence-electron chi connectivity index (χ4n) is 2.06. The van der Waals surface area contributed by atoms with Crippen LogP contribution in [-0.2, 0) is 4.79 Å². The number of rotatable bonds is 5. The molecule has 0 unspecified atom stereocenters. The zero-order chi connectivity index (χ0) is 17.9. The Morgan fingerprint density at radius 2 is 1.88 bits per heavy atom. The van der Waals surface area contributed by atoms with Gasteiger partial charge >= 0.3 is 0 Å². The molecule has 128 valence electrons. The normalized spacial score (nSPS) is 10.8. The van der Waals surface area contributed by atoms with Gasteiger partial charge in [0.15, 0.2) is 5.13 Å². The first-order chi connectivity index (χ1) is 11.3. The third kappa shape index (κ3) is 4.93. The van der Waals surface area contributed by atoms with E-state index >= 15 is 0 Å². The van der Waals surface area contributed by atoms with Gasteiger partial charge in [-0.15, -0.1) is 11.3 Å². The van der Waals surface area contributed by atoms with Gasteiger partial charge < -0.3 is 10.2 Å². The highest BCUT2D eigenvalue weighted by atomic mass is 35.5. The number of carbonyl (C=O) groups excluding carboxylic acids is 2. The van der Waals surface area contributed by atoms with Crippen molar-refractivity contribution in [3.63, 3.8) is 0 Å². The van der Waals surface area contributed by atoms with E-state index in [-0.39, 0.29) is 24.4 Å². The topological polar surface area (TPSA) is 62.3 Å². The van der Waals surface area contributed by atoms with Crippen LogP contribution in [0.1, 0.15) is 29.1 Å². The van der Waals surface area contributed by atoms with Crippen molar-refractivity contribution in [3.05, 3.63) is 44.9 Å². The van der Waals surface area contributed by atoms with Gasteiger partial charge in [0.1, 0.15) is 6.54 Å². The molecule has 2 rings (SSSR count). The summed E-state index contributed by atoms with van der Waals surface area (Å²) >= 11 is 13.3. The van der Waals surface area contributed by atoms with Crippen molar-refractivity contribution in [2.75, 3.05) is 11.9 Å². The highest BCUT2D eigenvalue weighted by Gasteiger charge is 2.22. The van der Waals surface area contributed by atoms with E-state index in [0.717, 1.165) is 4.88 Å². The van der Waals surface area contributed by atoms with Crippen LogP contribution in [0.5, 0.6) is 0 Å². The molecule has 0 radical (unpaired) electrons. The molecule has 8 heteroatoms. The second-order valence-electron chi connectivity index (χ2n) is 5.51. The van der Waals surface area contributed by atoms with Crippen molar-refractivity contribution < 1.29 is 9.59 Å². The number of benzene rings is 1. The molecular formula is C16H17Cl2N3O2S. The largest absolute Gasteiger partial charge is 0.327 e. The number of aryl methyl sites for hydroxylation is 1. The lowest BCUT2D eigenvalue weighted by Crippen LogP contribution is -2.42. The van der Waals surface area contributed by atoms with E-state index in [1.165, 1.54) is 28.4 Å². The van der Waals surface area contributed by atoms with Gasteiger partial charge in [-0.25, -0.2) is 4.98 Å². The summed E-state index contributed by atoms with van der Waals surface area (Å²) in [6.45, 7) is 5.50. The summed E-state index contributed by atoms with van der Waals surface area (Å²) in [7, 11) is 0. The maximum atomic E-state index is 12.7. The maximum Gasteiger partial charge on any atom is 0.254 e. The molecular weight excluding hydrogens is 369 g/mol. The Morgan fingerprint density at radius 3 is 2.38 bits per heavy atom. The van der Waals surface area contributed by atoms with Crippen LogP contribution in [0, 0.1) is 6.92 Å². The van der Waals surface area contributed by atoms with Gasteiger partial charge in [0, 0.05) is 32.7 Å². The van der Waals surface area contributed by atoms with Gasteiger partial charge in [0.2, 0.25) is 5.91 Å². The summed E-state index contributed by atoms with van der Waals surface area (Å²) < 4.78 is 0. The van der Waals surface area contributed by atoms with Gasteiger partial charge in [-0.05, 0) is 39.0 Å². The van der Waals surface area contributed by atoms with Gasteiger partial charge in [-0.2, -0.15) is 0 Å². The Bertz CT molecular complexity index is 741. The zero-order valence-electron chi connectivity index (χ0n) is 13.5. The molecule has 24 heavy (non-hydrogen) atoms. The van der Waals surface area contributed by atoms with E-state index in [4.69, 9.17) is 23.2 Å². The molecule has 0 fully saturated rings. The number of hydrogen-bond donors (Lipinski definition) is 1. The molecule has 5 nitrogen and oxygen atoms in total. The predicted molar refractivity (Wildman–Crippen MR) is 98.1 cm³/mol. The van der Waals surface area contributed by atoms with E-state index in [9.17, 15) is 9.59 Å². The average Bonchev–Trinajstić information content (AvgIpc) is 2.87. The van der Waals surface area contributed by atoms with Crippen molar-refractivity contribution in [2.45, 2.75) is 26.8 Å². The van der Waals surface area contributed by atoms with Crippen LogP contribution in [0.3, 0.4) is 0 Å². The molecule has 0 aliphatic rings. The van der Waals surface area contributed by atoms with Crippen molar-refractivity contribution in [2.24, 2.45) is 0 Å². The molecule has 0 saturated heterocycles. The minimum atomic E-state index is -0.306. The van der Waals surface area contributed by atoms with E-state index in [2.05, 4.69) is 10.3 Å². The minimum absolute atomic E-state index is 0.0841. The molecule has 0 spiro atoms. The fraction of sp³-hybridized carbons (Fsp3) is 0.312. The molecule has 2 aromatic rings. The summed E-state index contributed by atoms with van der Waals surface area (Å²) in [5, 5.41) is 3.96. The molecule has 0 aliphatic heterocycles. The molecule has 1 N–H and O–H groups in total. The third-order valence-electron chi connectivity index (χ3n) is 3.18. The number of carbonyl (C=O) groups is 2. The van der Waals surface area contributed by atoms with Crippen molar-refractivity contribution in [1.82, 2.24) is 9.88 Å². The number of nitrogens with zero attached hydrogens (tertiary/aromatic N) is 2. The molecule has 0 atom stereocenters. The first kappa shape index (κ1) is 18.7. The number of amides is 2. The highest BCUT2D eigenvalue weighted by molar-refractivity contribution is 7.15. The molecule has 0 aliphatic carbocycles. The first-order valence-electron chi connectivity index (χ1n) is 7.25. The zero-order valence-corrected chi connectivity index (χ0v) is 15.8.